The Morgan fingerprint density at radius 2 is 1.87 bits per heavy atom. The fourth-order valence-electron chi connectivity index (χ4n) is 5.04. The molecule has 0 atom stereocenters. The van der Waals surface area contributed by atoms with Crippen LogP contribution in [0, 0.1) is 0 Å². The Balaban J connectivity index is 1.55. The summed E-state index contributed by atoms with van der Waals surface area (Å²) >= 11 is 0. The number of fused-ring (bicyclic) bond motifs is 5. The first kappa shape index (κ1) is 17.8. The van der Waals surface area contributed by atoms with Gasteiger partial charge in [-0.15, -0.1) is 0 Å². The van der Waals surface area contributed by atoms with Crippen LogP contribution < -0.4 is 18.8 Å². The lowest BCUT2D eigenvalue weighted by Crippen LogP contribution is -2.40. The molecule has 0 amide bonds. The van der Waals surface area contributed by atoms with Gasteiger partial charge in [0.2, 0.25) is 12.5 Å². The van der Waals surface area contributed by atoms with Gasteiger partial charge in [0.15, 0.2) is 35.7 Å². The molecule has 154 valence electrons. The molecule has 3 aliphatic heterocycles. The summed E-state index contributed by atoms with van der Waals surface area (Å²) in [5.41, 5.74) is 4.79. The molecule has 4 heterocycles. The van der Waals surface area contributed by atoms with Gasteiger partial charge in [-0.05, 0) is 55.3 Å². The van der Waals surface area contributed by atoms with Crippen molar-refractivity contribution in [1.82, 2.24) is 4.90 Å². The van der Waals surface area contributed by atoms with Crippen LogP contribution in [0.3, 0.4) is 0 Å². The van der Waals surface area contributed by atoms with Crippen LogP contribution in [0.1, 0.15) is 24.0 Å². The summed E-state index contributed by atoms with van der Waals surface area (Å²) in [7, 11) is 1.62. The third kappa shape index (κ3) is 2.70. The fourth-order valence-corrected chi connectivity index (χ4v) is 5.04. The average Bonchev–Trinajstić information content (AvgIpc) is 3.44. The second-order valence-electron chi connectivity index (χ2n) is 8.36. The predicted molar refractivity (Wildman–Crippen MR) is 112 cm³/mol. The van der Waals surface area contributed by atoms with Crippen LogP contribution in [0.4, 0.5) is 0 Å². The average molecular weight is 405 g/mol. The van der Waals surface area contributed by atoms with Gasteiger partial charge >= 0.3 is 0 Å². The summed E-state index contributed by atoms with van der Waals surface area (Å²) in [6.07, 6.45) is 5.49. The first-order valence-corrected chi connectivity index (χ1v) is 10.6. The van der Waals surface area contributed by atoms with Gasteiger partial charge in [-0.3, -0.25) is 4.90 Å². The molecule has 1 fully saturated rings. The van der Waals surface area contributed by atoms with Crippen LogP contribution in [-0.4, -0.2) is 37.0 Å². The molecule has 0 radical (unpaired) electrons. The Kier molecular flexibility index (Phi) is 4.03. The van der Waals surface area contributed by atoms with Gasteiger partial charge in [0.25, 0.3) is 0 Å². The number of rotatable bonds is 3. The second-order valence-corrected chi connectivity index (χ2v) is 8.36. The molecule has 0 aliphatic carbocycles. The number of pyridine rings is 1. The minimum Gasteiger partial charge on any atom is -0.504 e. The molecule has 1 aromatic heterocycles. The number of methoxy groups -OCH3 is 1. The molecule has 6 rings (SSSR count). The van der Waals surface area contributed by atoms with Crippen LogP contribution in [0.15, 0.2) is 30.5 Å². The van der Waals surface area contributed by atoms with E-state index in [4.69, 9.17) is 14.2 Å². The van der Waals surface area contributed by atoms with Gasteiger partial charge in [0, 0.05) is 24.4 Å². The highest BCUT2D eigenvalue weighted by Crippen LogP contribution is 2.42. The Labute approximate surface area is 175 Å². The zero-order valence-corrected chi connectivity index (χ0v) is 17.1. The standard InChI is InChI=1S/C24H24N2O4/c1-28-23-9-16(12-25-5-2-3-6-25)17-10-20-18-11-22-21(29-14-30-22)8-15(18)4-7-26(20)13-19(17)24(23)27/h8-11,13H,2-7,12,14H2,1H3/p+1. The maximum Gasteiger partial charge on any atom is 0.231 e. The maximum atomic E-state index is 10.9. The number of phenols is 1. The monoisotopic (exact) mass is 405 g/mol. The van der Waals surface area contributed by atoms with E-state index in [1.54, 1.807) is 7.11 Å². The predicted octanol–water partition coefficient (Wildman–Crippen LogP) is 3.39. The van der Waals surface area contributed by atoms with E-state index in [0.29, 0.717) is 5.75 Å². The maximum absolute atomic E-state index is 10.9. The number of phenolic OH excluding ortho intramolecular Hbond substituents is 1. The molecule has 3 aliphatic rings. The molecular formula is C24H25N2O4+. The summed E-state index contributed by atoms with van der Waals surface area (Å²) in [4.78, 5) is 2.48. The number of hydrogen-bond acceptors (Lipinski definition) is 5. The molecule has 0 unspecified atom stereocenters. The second kappa shape index (κ2) is 6.77. The lowest BCUT2D eigenvalue weighted by Gasteiger charge is -2.20. The Morgan fingerprint density at radius 3 is 2.67 bits per heavy atom. The van der Waals surface area contributed by atoms with Crippen molar-refractivity contribution in [2.24, 2.45) is 0 Å². The first-order valence-electron chi connectivity index (χ1n) is 10.6. The number of nitrogens with zero attached hydrogens (tertiary/aromatic N) is 2. The molecular weight excluding hydrogens is 380 g/mol. The summed E-state index contributed by atoms with van der Waals surface area (Å²) in [5, 5.41) is 12.8. The summed E-state index contributed by atoms with van der Waals surface area (Å²) in [6.45, 7) is 4.25. The van der Waals surface area contributed by atoms with Crippen molar-refractivity contribution < 1.29 is 23.9 Å². The van der Waals surface area contributed by atoms with Gasteiger partial charge < -0.3 is 19.3 Å². The zero-order valence-electron chi connectivity index (χ0n) is 17.1. The highest BCUT2D eigenvalue weighted by Gasteiger charge is 2.29. The minimum absolute atomic E-state index is 0.212. The van der Waals surface area contributed by atoms with E-state index < -0.39 is 0 Å². The fraction of sp³-hybridized carbons (Fsp3) is 0.375. The van der Waals surface area contributed by atoms with Gasteiger partial charge in [0.1, 0.15) is 0 Å². The smallest absolute Gasteiger partial charge is 0.231 e. The largest absolute Gasteiger partial charge is 0.504 e. The molecule has 30 heavy (non-hydrogen) atoms. The van der Waals surface area contributed by atoms with Crippen molar-refractivity contribution in [3.63, 3.8) is 0 Å². The Morgan fingerprint density at radius 1 is 1.07 bits per heavy atom. The van der Waals surface area contributed by atoms with Gasteiger partial charge in [0.05, 0.1) is 18.1 Å². The number of aromatic nitrogens is 1. The third-order valence-corrected chi connectivity index (χ3v) is 6.61. The molecule has 3 aromatic rings. The number of aryl methyl sites for hydroxylation is 2. The van der Waals surface area contributed by atoms with E-state index in [-0.39, 0.29) is 12.5 Å². The van der Waals surface area contributed by atoms with Crippen molar-refractivity contribution in [2.45, 2.75) is 32.4 Å². The molecule has 1 saturated heterocycles. The summed E-state index contributed by atoms with van der Waals surface area (Å²) < 4.78 is 18.9. The van der Waals surface area contributed by atoms with Crippen LogP contribution in [0.2, 0.25) is 0 Å². The van der Waals surface area contributed by atoms with E-state index in [0.717, 1.165) is 60.6 Å². The minimum atomic E-state index is 0.212. The number of benzene rings is 2. The molecule has 0 spiro atoms. The number of likely N-dealkylation sites (tertiary alicyclic amines) is 1. The van der Waals surface area contributed by atoms with Crippen LogP contribution in [-0.2, 0) is 19.5 Å². The normalized spacial score (nSPS) is 17.2. The van der Waals surface area contributed by atoms with E-state index in [2.05, 4.69) is 33.9 Å². The van der Waals surface area contributed by atoms with E-state index in [1.807, 2.05) is 6.07 Å². The van der Waals surface area contributed by atoms with E-state index in [1.165, 1.54) is 29.5 Å². The number of aromatic hydroxyl groups is 1. The lowest BCUT2D eigenvalue weighted by molar-refractivity contribution is -0.686. The van der Waals surface area contributed by atoms with E-state index >= 15 is 0 Å². The summed E-state index contributed by atoms with van der Waals surface area (Å²) in [5.74, 6) is 2.39. The highest BCUT2D eigenvalue weighted by atomic mass is 16.7. The Hall–Kier alpha value is -2.99. The number of ether oxygens (including phenoxy) is 3. The topological polar surface area (TPSA) is 55.0 Å². The number of hydrogen-bond donors (Lipinski definition) is 1. The van der Waals surface area contributed by atoms with Crippen LogP contribution in [0.5, 0.6) is 23.0 Å². The SMILES string of the molecule is COc1cc(CN2CCCC2)c2cc3[n+](cc2c1O)CCc1cc2c(cc1-3)OCO2. The van der Waals surface area contributed by atoms with Gasteiger partial charge in [-0.1, -0.05) is 0 Å². The van der Waals surface area contributed by atoms with Crippen LogP contribution in [0.25, 0.3) is 22.0 Å². The van der Waals surface area contributed by atoms with Crippen molar-refractivity contribution in [2.75, 3.05) is 27.0 Å². The van der Waals surface area contributed by atoms with Crippen molar-refractivity contribution >= 4 is 10.8 Å². The van der Waals surface area contributed by atoms with Crippen LogP contribution >= 0.6 is 0 Å². The molecule has 0 bridgehead atoms. The van der Waals surface area contributed by atoms with Crippen molar-refractivity contribution in [3.05, 3.63) is 41.6 Å². The van der Waals surface area contributed by atoms with Gasteiger partial charge in [-0.2, -0.15) is 4.57 Å². The highest BCUT2D eigenvalue weighted by molar-refractivity contribution is 5.94. The molecule has 0 saturated carbocycles. The third-order valence-electron chi connectivity index (χ3n) is 6.61. The lowest BCUT2D eigenvalue weighted by atomic mass is 9.94. The molecule has 6 nitrogen and oxygen atoms in total. The quantitative estimate of drug-likeness (QED) is 0.677. The van der Waals surface area contributed by atoms with Crippen molar-refractivity contribution in [3.8, 4) is 34.3 Å². The molecule has 1 N–H and O–H groups in total. The summed E-state index contributed by atoms with van der Waals surface area (Å²) in [6, 6.07) is 8.43. The zero-order chi connectivity index (χ0) is 20.2. The molecule has 2 aromatic carbocycles. The Bertz CT molecular complexity index is 1170. The van der Waals surface area contributed by atoms with Crippen molar-refractivity contribution in [1.29, 1.82) is 0 Å². The van der Waals surface area contributed by atoms with Gasteiger partial charge in [-0.25, -0.2) is 0 Å². The first-order chi connectivity index (χ1) is 14.7. The van der Waals surface area contributed by atoms with E-state index in [9.17, 15) is 5.11 Å². The molecule has 6 heteroatoms.